The van der Waals surface area contributed by atoms with Crippen LogP contribution in [-0.4, -0.2) is 140 Å². The molecule has 0 unspecified atom stereocenters. The third kappa shape index (κ3) is 14.8. The Labute approximate surface area is 398 Å². The second kappa shape index (κ2) is 25.2. The minimum atomic E-state index is -3.33. The minimum Gasteiger partial charge on any atom is -0.496 e. The monoisotopic (exact) mass is 1020 g/mol. The van der Waals surface area contributed by atoms with E-state index < -0.39 is 75.5 Å². The van der Waals surface area contributed by atoms with Crippen LogP contribution in [0.1, 0.15) is 80.3 Å². The standard InChI is InChI=1S/C18H21F2N5O4S.C15H15F2N5O2.C6H15N.C3H7ClO2S/c1-9(2)30(27,28)25-7-10(8-25)23-18-22-6-11(17(21)24-18)16(26)14-13(29-3)5-4-12(19)15(14)20;1-24-10-3-2-9(16)12(17)11(10)13(23)8-6-20-15(22-14(8)18)21-7-4-19-5-7;1-4-7(5-2)6-3;1-3(2)7(4,5)6/h4-6,9-10H,7-8H2,1-3H3,(H3,21,22,23,24);2-3,6-7,19H,4-5H2,1H3,(H3,18,20,21,22);4-6H2,1-3H3;3H,1-2H3. The SMILES string of the molecule is CC(C)S(=O)(=O)Cl.CCN(CC)CC.COc1ccc(F)c(F)c1C(=O)c1cnc(NC2CN(S(=O)(=O)C(C)C)C2)nc1N.COc1ccc(F)c(F)c1C(=O)c1cnc(NC2CNC2)nc1N. The van der Waals surface area contributed by atoms with Crippen LogP contribution in [0.15, 0.2) is 36.7 Å². The topological polar surface area (TPSA) is 267 Å². The largest absolute Gasteiger partial charge is 0.496 e. The summed E-state index contributed by atoms with van der Waals surface area (Å²) in [6.07, 6.45) is 2.28. The Morgan fingerprint density at radius 1 is 0.750 bits per heavy atom. The van der Waals surface area contributed by atoms with E-state index in [2.05, 4.69) is 61.6 Å². The van der Waals surface area contributed by atoms with Crippen molar-refractivity contribution in [3.63, 3.8) is 0 Å². The summed E-state index contributed by atoms with van der Waals surface area (Å²) in [6, 6.07) is 3.99. The highest BCUT2D eigenvalue weighted by Crippen LogP contribution is 2.30. The number of halogens is 5. The Morgan fingerprint density at radius 2 is 1.13 bits per heavy atom. The number of methoxy groups -OCH3 is 2. The molecule has 4 heterocycles. The molecule has 0 saturated carbocycles. The molecule has 2 saturated heterocycles. The number of carbonyl (C=O) groups is 2. The summed E-state index contributed by atoms with van der Waals surface area (Å²) in [5.74, 6) is -7.07. The molecule has 2 aromatic carbocycles. The summed E-state index contributed by atoms with van der Waals surface area (Å²) in [7, 11) is 0.713. The van der Waals surface area contributed by atoms with Crippen LogP contribution in [0.4, 0.5) is 41.1 Å². The average Bonchev–Trinajstić information content (AvgIpc) is 3.25. The Balaban J connectivity index is 0.000000285. The molecule has 4 aromatic rings. The van der Waals surface area contributed by atoms with Gasteiger partial charge < -0.3 is 41.8 Å². The summed E-state index contributed by atoms with van der Waals surface area (Å²) >= 11 is 0. The molecule has 68 heavy (non-hydrogen) atoms. The van der Waals surface area contributed by atoms with Crippen LogP contribution >= 0.6 is 10.7 Å². The number of carbonyl (C=O) groups excluding carboxylic acids is 2. The van der Waals surface area contributed by atoms with Gasteiger partial charge in [0.2, 0.25) is 42.5 Å². The van der Waals surface area contributed by atoms with E-state index in [-0.39, 0.29) is 71.3 Å². The van der Waals surface area contributed by atoms with Gasteiger partial charge in [-0.15, -0.1) is 0 Å². The maximum atomic E-state index is 14.2. The van der Waals surface area contributed by atoms with Gasteiger partial charge >= 0.3 is 0 Å². The average molecular weight is 1020 g/mol. The number of sulfonamides is 1. The van der Waals surface area contributed by atoms with Crippen LogP contribution in [0, 0.1) is 23.3 Å². The molecule has 0 radical (unpaired) electrons. The Morgan fingerprint density at radius 3 is 1.41 bits per heavy atom. The zero-order chi connectivity index (χ0) is 51.3. The van der Waals surface area contributed by atoms with Gasteiger partial charge in [0.05, 0.1) is 47.9 Å². The van der Waals surface area contributed by atoms with E-state index in [1.54, 1.807) is 13.8 Å². The van der Waals surface area contributed by atoms with E-state index in [1.807, 2.05) is 0 Å². The zero-order valence-electron chi connectivity index (χ0n) is 39.0. The van der Waals surface area contributed by atoms with Crippen LogP contribution in [0.3, 0.4) is 0 Å². The number of rotatable bonds is 16. The molecule has 2 fully saturated rings. The summed E-state index contributed by atoms with van der Waals surface area (Å²) in [4.78, 5) is 43.6. The molecular formula is C42H58ClF4N11O8S2. The molecule has 2 aliphatic heterocycles. The first-order valence-electron chi connectivity index (χ1n) is 21.1. The number of hydrogen-bond acceptors (Lipinski definition) is 18. The smallest absolute Gasteiger partial charge is 0.234 e. The highest BCUT2D eigenvalue weighted by atomic mass is 35.7. The number of nitrogens with one attached hydrogen (secondary N) is 3. The Hall–Kier alpha value is -5.47. The predicted octanol–water partition coefficient (Wildman–Crippen LogP) is 4.68. The summed E-state index contributed by atoms with van der Waals surface area (Å²) in [6.45, 7) is 18.4. The van der Waals surface area contributed by atoms with Crippen molar-refractivity contribution in [1.82, 2.24) is 34.5 Å². The van der Waals surface area contributed by atoms with E-state index >= 15 is 0 Å². The molecule has 0 atom stereocenters. The molecule has 2 aliphatic rings. The fourth-order valence-electron chi connectivity index (χ4n) is 5.84. The number of ketones is 2. The fraction of sp³-hybridized carbons (Fsp3) is 0.476. The fourth-order valence-corrected chi connectivity index (χ4v) is 7.21. The molecule has 0 bridgehead atoms. The normalized spacial score (nSPS) is 14.0. The van der Waals surface area contributed by atoms with E-state index in [9.17, 15) is 44.0 Å². The lowest BCUT2D eigenvalue weighted by Crippen LogP contribution is -2.58. The van der Waals surface area contributed by atoms with E-state index in [4.69, 9.17) is 31.6 Å². The van der Waals surface area contributed by atoms with Crippen LogP contribution in [0.25, 0.3) is 0 Å². The predicted molar refractivity (Wildman–Crippen MR) is 252 cm³/mol. The maximum absolute atomic E-state index is 14.2. The third-order valence-corrected chi connectivity index (χ3v) is 14.7. The number of benzene rings is 2. The van der Waals surface area contributed by atoms with E-state index in [1.165, 1.54) is 64.3 Å². The van der Waals surface area contributed by atoms with Gasteiger partial charge in [-0.1, -0.05) is 20.8 Å². The van der Waals surface area contributed by atoms with Crippen molar-refractivity contribution >= 4 is 64.9 Å². The Bertz CT molecular complexity index is 2600. The van der Waals surface area contributed by atoms with Crippen molar-refractivity contribution in [3.05, 3.63) is 82.2 Å². The number of nitrogen functional groups attached to an aromatic ring is 2. The molecule has 19 nitrogen and oxygen atoms in total. The summed E-state index contributed by atoms with van der Waals surface area (Å²) < 4.78 is 111. The number of nitrogens with zero attached hydrogens (tertiary/aromatic N) is 6. The molecule has 6 rings (SSSR count). The van der Waals surface area contributed by atoms with Gasteiger partial charge in [-0.2, -0.15) is 14.3 Å². The highest BCUT2D eigenvalue weighted by Gasteiger charge is 2.38. The second-order valence-electron chi connectivity index (χ2n) is 15.4. The quantitative estimate of drug-likeness (QED) is 0.0579. The number of nitrogens with two attached hydrogens (primary N) is 2. The second-order valence-corrected chi connectivity index (χ2v) is 21.1. The molecule has 2 aromatic heterocycles. The highest BCUT2D eigenvalue weighted by molar-refractivity contribution is 8.14. The third-order valence-electron chi connectivity index (χ3n) is 10.3. The van der Waals surface area contributed by atoms with Gasteiger partial charge in [0.1, 0.15) is 34.3 Å². The van der Waals surface area contributed by atoms with E-state index in [0.717, 1.165) is 37.5 Å². The van der Waals surface area contributed by atoms with Gasteiger partial charge in [-0.3, -0.25) is 9.59 Å². The van der Waals surface area contributed by atoms with Crippen molar-refractivity contribution in [1.29, 1.82) is 0 Å². The minimum absolute atomic E-state index is 0.0855. The summed E-state index contributed by atoms with van der Waals surface area (Å²) in [5, 5.41) is 8.06. The molecule has 0 amide bonds. The lowest BCUT2D eigenvalue weighted by atomic mass is 10.0. The van der Waals surface area contributed by atoms with Crippen molar-refractivity contribution in [2.75, 3.05) is 82.1 Å². The molecule has 0 spiro atoms. The van der Waals surface area contributed by atoms with Gasteiger partial charge in [-0.25, -0.2) is 44.4 Å². The van der Waals surface area contributed by atoms with Crippen LogP contribution in [-0.2, 0) is 19.1 Å². The van der Waals surface area contributed by atoms with Crippen molar-refractivity contribution < 1.29 is 53.5 Å². The number of hydrogen-bond donors (Lipinski definition) is 5. The molecule has 0 aliphatic carbocycles. The van der Waals surface area contributed by atoms with Gasteiger partial charge in [0.25, 0.3) is 0 Å². The Kier molecular flexibility index (Phi) is 21.1. The molecular weight excluding hydrogens is 962 g/mol. The van der Waals surface area contributed by atoms with E-state index in [0.29, 0.717) is 0 Å². The lowest BCUT2D eigenvalue weighted by Gasteiger charge is -2.39. The number of anilines is 4. The van der Waals surface area contributed by atoms with Crippen LogP contribution < -0.4 is 36.9 Å². The number of aromatic nitrogens is 4. The maximum Gasteiger partial charge on any atom is 0.234 e. The summed E-state index contributed by atoms with van der Waals surface area (Å²) in [5.41, 5.74) is 10.1. The van der Waals surface area contributed by atoms with Crippen molar-refractivity contribution in [2.24, 2.45) is 0 Å². The van der Waals surface area contributed by atoms with Crippen molar-refractivity contribution in [2.45, 2.75) is 71.0 Å². The first kappa shape index (κ1) is 56.9. The van der Waals surface area contributed by atoms with Crippen molar-refractivity contribution in [3.8, 4) is 11.5 Å². The van der Waals surface area contributed by atoms with Crippen LogP contribution in [0.2, 0.25) is 0 Å². The molecule has 376 valence electrons. The first-order valence-corrected chi connectivity index (χ1v) is 25.0. The molecule has 7 N–H and O–H groups in total. The lowest BCUT2D eigenvalue weighted by molar-refractivity contribution is 0.102. The van der Waals surface area contributed by atoms with Gasteiger partial charge in [-0.05, 0) is 71.6 Å². The zero-order valence-corrected chi connectivity index (χ0v) is 41.4. The van der Waals surface area contributed by atoms with Crippen LogP contribution in [0.5, 0.6) is 11.5 Å². The first-order chi connectivity index (χ1) is 31.9. The van der Waals surface area contributed by atoms with Gasteiger partial charge in [0, 0.05) is 49.3 Å². The molecule has 26 heteroatoms. The number of ether oxygens (including phenoxy) is 2. The van der Waals surface area contributed by atoms with Gasteiger partial charge in [0.15, 0.2) is 23.3 Å².